The molecule has 1 saturated heterocycles. The average Bonchev–Trinajstić information content (AvgIpc) is 3.41. The maximum atomic E-state index is 13.1. The summed E-state index contributed by atoms with van der Waals surface area (Å²) in [5.74, 6) is 1.08. The van der Waals surface area contributed by atoms with Crippen LogP contribution in [0.4, 0.5) is 0 Å². The lowest BCUT2D eigenvalue weighted by Crippen LogP contribution is -2.44. The first kappa shape index (κ1) is 17.0. The molecule has 26 heavy (non-hydrogen) atoms. The molecule has 1 aliphatic rings. The van der Waals surface area contributed by atoms with Crippen LogP contribution in [0, 0.1) is 6.92 Å². The van der Waals surface area contributed by atoms with Crippen LogP contribution in [0.3, 0.4) is 0 Å². The highest BCUT2D eigenvalue weighted by Crippen LogP contribution is 2.25. The van der Waals surface area contributed by atoms with Gasteiger partial charge in [0.2, 0.25) is 0 Å². The Labute approximate surface area is 156 Å². The second kappa shape index (κ2) is 7.45. The number of rotatable bonds is 5. The van der Waals surface area contributed by atoms with Crippen LogP contribution < -0.4 is 0 Å². The van der Waals surface area contributed by atoms with Crippen LogP contribution in [0.1, 0.15) is 42.0 Å². The topological polar surface area (TPSA) is 66.8 Å². The van der Waals surface area contributed by atoms with Crippen molar-refractivity contribution in [2.45, 2.75) is 45.2 Å². The minimum Gasteiger partial charge on any atom is -0.335 e. The summed E-state index contributed by atoms with van der Waals surface area (Å²) in [7, 11) is 0. The van der Waals surface area contributed by atoms with Gasteiger partial charge in [-0.15, -0.1) is 0 Å². The van der Waals surface area contributed by atoms with Gasteiger partial charge in [0.25, 0.3) is 5.91 Å². The van der Waals surface area contributed by atoms with Gasteiger partial charge >= 0.3 is 0 Å². The molecule has 1 amide bonds. The summed E-state index contributed by atoms with van der Waals surface area (Å²) in [6.07, 6.45) is 8.10. The molecule has 0 saturated carbocycles. The van der Waals surface area contributed by atoms with Crippen LogP contribution in [0.25, 0.3) is 11.3 Å². The number of carbonyl (C=O) groups is 1. The number of aromatic nitrogens is 4. The Hall–Kier alpha value is -2.41. The molecule has 0 unspecified atom stereocenters. The number of nitrogens with zero attached hydrogens (tertiary/aromatic N) is 4. The largest absolute Gasteiger partial charge is 0.335 e. The van der Waals surface area contributed by atoms with Crippen LogP contribution in [0.2, 0.25) is 0 Å². The summed E-state index contributed by atoms with van der Waals surface area (Å²) < 4.78 is 2.15. The quantitative estimate of drug-likeness (QED) is 0.745. The fraction of sp³-hybridized carbons (Fsp3) is 0.421. The lowest BCUT2D eigenvalue weighted by Gasteiger charge is -2.35. The van der Waals surface area contributed by atoms with Crippen LogP contribution in [-0.4, -0.2) is 43.1 Å². The van der Waals surface area contributed by atoms with Crippen LogP contribution in [0.5, 0.6) is 0 Å². The highest BCUT2D eigenvalue weighted by molar-refractivity contribution is 7.08. The summed E-state index contributed by atoms with van der Waals surface area (Å²) >= 11 is 1.63. The number of piperidine rings is 1. The number of amides is 1. The Balaban J connectivity index is 1.47. The van der Waals surface area contributed by atoms with Gasteiger partial charge in [-0.25, -0.2) is 4.98 Å². The number of aromatic amines is 1. The van der Waals surface area contributed by atoms with E-state index in [2.05, 4.69) is 19.7 Å². The van der Waals surface area contributed by atoms with Crippen molar-refractivity contribution in [2.24, 2.45) is 0 Å². The van der Waals surface area contributed by atoms with E-state index in [1.807, 2.05) is 47.1 Å². The van der Waals surface area contributed by atoms with E-state index in [9.17, 15) is 4.79 Å². The maximum Gasteiger partial charge on any atom is 0.272 e. The average molecular weight is 369 g/mol. The van der Waals surface area contributed by atoms with Crippen molar-refractivity contribution in [1.29, 1.82) is 0 Å². The monoisotopic (exact) mass is 369 g/mol. The van der Waals surface area contributed by atoms with Gasteiger partial charge in [0, 0.05) is 42.5 Å². The predicted octanol–water partition coefficient (Wildman–Crippen LogP) is 3.73. The Morgan fingerprint density at radius 2 is 2.35 bits per heavy atom. The van der Waals surface area contributed by atoms with Crippen molar-refractivity contribution in [3.8, 4) is 11.3 Å². The van der Waals surface area contributed by atoms with Gasteiger partial charge in [0.15, 0.2) is 0 Å². The van der Waals surface area contributed by atoms with Crippen LogP contribution in [0.15, 0.2) is 35.3 Å². The first-order chi connectivity index (χ1) is 12.7. The molecule has 1 aliphatic heterocycles. The standard InChI is InChI=1S/C19H23N5OS/c1-14-20-7-10-23(14)9-5-16-4-2-3-8-24(16)19(25)18-12-17(21-22-18)15-6-11-26-13-15/h6-7,10-13,16H,2-5,8-9H2,1H3,(H,21,22)/t16-/m0/s1. The van der Waals surface area contributed by atoms with E-state index in [0.717, 1.165) is 49.4 Å². The zero-order valence-electron chi connectivity index (χ0n) is 14.9. The van der Waals surface area contributed by atoms with Crippen molar-refractivity contribution in [3.63, 3.8) is 0 Å². The number of hydrogen-bond donors (Lipinski definition) is 1. The van der Waals surface area contributed by atoms with Gasteiger partial charge in [-0.3, -0.25) is 9.89 Å². The second-order valence-electron chi connectivity index (χ2n) is 6.78. The Morgan fingerprint density at radius 1 is 1.42 bits per heavy atom. The van der Waals surface area contributed by atoms with E-state index in [4.69, 9.17) is 0 Å². The molecule has 1 N–H and O–H groups in total. The predicted molar refractivity (Wildman–Crippen MR) is 102 cm³/mol. The number of likely N-dealkylation sites (tertiary alicyclic amines) is 1. The summed E-state index contributed by atoms with van der Waals surface area (Å²) in [6, 6.07) is 4.16. The molecule has 0 radical (unpaired) electrons. The van der Waals surface area contributed by atoms with E-state index >= 15 is 0 Å². The molecule has 4 heterocycles. The van der Waals surface area contributed by atoms with Crippen molar-refractivity contribution in [2.75, 3.05) is 6.54 Å². The number of nitrogens with one attached hydrogen (secondary N) is 1. The molecule has 0 aliphatic carbocycles. The number of H-pyrrole nitrogens is 1. The van der Waals surface area contributed by atoms with E-state index in [1.165, 1.54) is 6.42 Å². The number of carbonyl (C=O) groups excluding carboxylic acids is 1. The maximum absolute atomic E-state index is 13.1. The fourth-order valence-corrected chi connectivity index (χ4v) is 4.29. The second-order valence-corrected chi connectivity index (χ2v) is 7.56. The van der Waals surface area contributed by atoms with Gasteiger partial charge < -0.3 is 9.47 Å². The SMILES string of the molecule is Cc1nccn1CC[C@@H]1CCCCN1C(=O)c1cc(-c2ccsc2)n[nH]1. The normalized spacial score (nSPS) is 17.6. The molecular formula is C19H23N5OS. The molecule has 1 fully saturated rings. The van der Waals surface area contributed by atoms with Crippen LogP contribution >= 0.6 is 11.3 Å². The first-order valence-electron chi connectivity index (χ1n) is 9.09. The Bertz CT molecular complexity index is 866. The third-order valence-electron chi connectivity index (χ3n) is 5.14. The van der Waals surface area contributed by atoms with Crippen LogP contribution in [-0.2, 0) is 6.54 Å². The molecule has 7 heteroatoms. The lowest BCUT2D eigenvalue weighted by atomic mass is 9.98. The minimum atomic E-state index is 0.0611. The van der Waals surface area contributed by atoms with Crippen molar-refractivity contribution in [1.82, 2.24) is 24.6 Å². The lowest BCUT2D eigenvalue weighted by molar-refractivity contribution is 0.0589. The molecule has 0 bridgehead atoms. The minimum absolute atomic E-state index is 0.0611. The molecule has 0 spiro atoms. The Morgan fingerprint density at radius 3 is 3.12 bits per heavy atom. The van der Waals surface area contributed by atoms with E-state index in [0.29, 0.717) is 5.69 Å². The third kappa shape index (κ3) is 3.44. The van der Waals surface area contributed by atoms with Gasteiger partial charge in [-0.2, -0.15) is 16.4 Å². The first-order valence-corrected chi connectivity index (χ1v) is 10.0. The molecule has 1 atom stereocenters. The number of hydrogen-bond acceptors (Lipinski definition) is 4. The highest BCUT2D eigenvalue weighted by Gasteiger charge is 2.28. The van der Waals surface area contributed by atoms with Crippen molar-refractivity contribution in [3.05, 3.63) is 46.8 Å². The zero-order chi connectivity index (χ0) is 17.9. The molecule has 0 aromatic carbocycles. The van der Waals surface area contributed by atoms with Gasteiger partial charge in [0.05, 0.1) is 5.69 Å². The summed E-state index contributed by atoms with van der Waals surface area (Å²) in [5.41, 5.74) is 2.46. The van der Waals surface area contributed by atoms with E-state index < -0.39 is 0 Å². The highest BCUT2D eigenvalue weighted by atomic mass is 32.1. The molecule has 3 aromatic heterocycles. The van der Waals surface area contributed by atoms with Gasteiger partial charge in [-0.1, -0.05) is 0 Å². The number of aryl methyl sites for hydroxylation is 2. The molecule has 136 valence electrons. The smallest absolute Gasteiger partial charge is 0.272 e. The van der Waals surface area contributed by atoms with E-state index in [-0.39, 0.29) is 11.9 Å². The Kier molecular flexibility index (Phi) is 4.88. The fourth-order valence-electron chi connectivity index (χ4n) is 3.64. The number of imidazole rings is 1. The zero-order valence-corrected chi connectivity index (χ0v) is 15.7. The van der Waals surface area contributed by atoms with Gasteiger partial charge in [0.1, 0.15) is 11.5 Å². The molecular weight excluding hydrogens is 346 g/mol. The summed E-state index contributed by atoms with van der Waals surface area (Å²) in [5, 5.41) is 11.3. The van der Waals surface area contributed by atoms with Crippen molar-refractivity contribution < 1.29 is 4.79 Å². The molecule has 3 aromatic rings. The summed E-state index contributed by atoms with van der Waals surface area (Å²) in [4.78, 5) is 19.4. The van der Waals surface area contributed by atoms with Gasteiger partial charge in [-0.05, 0) is 50.1 Å². The molecule has 4 rings (SSSR count). The van der Waals surface area contributed by atoms with E-state index in [1.54, 1.807) is 11.3 Å². The number of thiophene rings is 1. The summed E-state index contributed by atoms with van der Waals surface area (Å²) in [6.45, 7) is 3.73. The molecule has 6 nitrogen and oxygen atoms in total. The third-order valence-corrected chi connectivity index (χ3v) is 5.82. The van der Waals surface area contributed by atoms with Crippen molar-refractivity contribution >= 4 is 17.2 Å².